The number of likely N-dealkylation sites (tertiary alicyclic amines) is 1. The molecule has 3 aromatic rings. The number of hydrogen-bond acceptors (Lipinski definition) is 3. The van der Waals surface area contributed by atoms with Gasteiger partial charge in [0.2, 0.25) is 0 Å². The smallest absolute Gasteiger partial charge is 0.254 e. The summed E-state index contributed by atoms with van der Waals surface area (Å²) in [6.45, 7) is 2.64. The Kier molecular flexibility index (Phi) is 5.30. The number of rotatable bonds is 4. The second-order valence-electron chi connectivity index (χ2n) is 7.32. The molecule has 0 spiro atoms. The van der Waals surface area contributed by atoms with Crippen LogP contribution in [0.2, 0.25) is 0 Å². The molecule has 1 amide bonds. The van der Waals surface area contributed by atoms with Crippen molar-refractivity contribution < 1.29 is 13.9 Å². The van der Waals surface area contributed by atoms with Gasteiger partial charge >= 0.3 is 0 Å². The van der Waals surface area contributed by atoms with Crippen LogP contribution < -0.4 is 4.74 Å². The molecule has 1 fully saturated rings. The number of carbonyl (C=O) groups is 1. The van der Waals surface area contributed by atoms with Crippen LogP contribution in [0.3, 0.4) is 0 Å². The van der Waals surface area contributed by atoms with Crippen LogP contribution in [0.15, 0.2) is 60.7 Å². The summed E-state index contributed by atoms with van der Waals surface area (Å²) in [4.78, 5) is 19.8. The normalized spacial score (nSPS) is 16.1. The van der Waals surface area contributed by atoms with E-state index >= 15 is 0 Å². The van der Waals surface area contributed by atoms with Crippen molar-refractivity contribution in [1.29, 1.82) is 0 Å². The van der Waals surface area contributed by atoms with E-state index in [4.69, 9.17) is 9.72 Å². The van der Waals surface area contributed by atoms with E-state index in [2.05, 4.69) is 0 Å². The fourth-order valence-corrected chi connectivity index (χ4v) is 3.91. The summed E-state index contributed by atoms with van der Waals surface area (Å²) < 4.78 is 18.6. The van der Waals surface area contributed by atoms with Crippen LogP contribution in [0.25, 0.3) is 11.1 Å². The first-order chi connectivity index (χ1) is 14.0. The van der Waals surface area contributed by atoms with E-state index in [-0.39, 0.29) is 17.8 Å². The minimum Gasteiger partial charge on any atom is -0.497 e. The van der Waals surface area contributed by atoms with Gasteiger partial charge in [-0.3, -0.25) is 9.78 Å². The van der Waals surface area contributed by atoms with E-state index in [1.165, 1.54) is 12.1 Å². The topological polar surface area (TPSA) is 42.4 Å². The lowest BCUT2D eigenvalue weighted by molar-refractivity contribution is 0.0732. The molecule has 1 unspecified atom stereocenters. The fraction of sp³-hybridized carbons (Fsp3) is 0.250. The molecule has 0 bridgehead atoms. The van der Waals surface area contributed by atoms with Crippen LogP contribution in [0.4, 0.5) is 4.39 Å². The maximum Gasteiger partial charge on any atom is 0.254 e. The van der Waals surface area contributed by atoms with E-state index in [9.17, 15) is 9.18 Å². The van der Waals surface area contributed by atoms with E-state index in [0.29, 0.717) is 17.9 Å². The summed E-state index contributed by atoms with van der Waals surface area (Å²) in [6.07, 6.45) is 1.80. The number of nitrogens with zero attached hydrogens (tertiary/aromatic N) is 2. The van der Waals surface area contributed by atoms with Crippen LogP contribution in [-0.2, 0) is 0 Å². The van der Waals surface area contributed by atoms with Crippen LogP contribution in [0.1, 0.15) is 40.6 Å². The summed E-state index contributed by atoms with van der Waals surface area (Å²) in [5.41, 5.74) is 4.28. The lowest BCUT2D eigenvalue weighted by Gasteiger charge is -2.25. The molecular formula is C24H23FN2O2. The summed E-state index contributed by atoms with van der Waals surface area (Å²) in [7, 11) is 1.59. The molecule has 0 saturated carbocycles. The third-order valence-electron chi connectivity index (χ3n) is 5.32. The molecule has 2 heterocycles. The molecule has 29 heavy (non-hydrogen) atoms. The number of ether oxygens (including phenoxy) is 1. The molecule has 0 N–H and O–H groups in total. The molecule has 0 aliphatic carbocycles. The minimum absolute atomic E-state index is 0.0157. The maximum absolute atomic E-state index is 13.3. The van der Waals surface area contributed by atoms with Crippen molar-refractivity contribution in [3.05, 3.63) is 83.4 Å². The van der Waals surface area contributed by atoms with E-state index < -0.39 is 0 Å². The Labute approximate surface area is 170 Å². The quantitative estimate of drug-likeness (QED) is 0.616. The summed E-state index contributed by atoms with van der Waals surface area (Å²) in [6, 6.07) is 17.6. The minimum atomic E-state index is -0.259. The molecule has 5 heteroatoms. The Balaban J connectivity index is 1.66. The van der Waals surface area contributed by atoms with Crippen molar-refractivity contribution in [2.75, 3.05) is 13.7 Å². The second-order valence-corrected chi connectivity index (χ2v) is 7.32. The zero-order chi connectivity index (χ0) is 20.4. The van der Waals surface area contributed by atoms with Crippen molar-refractivity contribution in [2.24, 2.45) is 0 Å². The zero-order valence-electron chi connectivity index (χ0n) is 16.6. The number of hydrogen-bond donors (Lipinski definition) is 0. The van der Waals surface area contributed by atoms with Gasteiger partial charge in [0, 0.05) is 17.8 Å². The highest BCUT2D eigenvalue weighted by atomic mass is 19.1. The van der Waals surface area contributed by atoms with Crippen molar-refractivity contribution in [3.8, 4) is 16.9 Å². The number of aromatic nitrogens is 1. The highest BCUT2D eigenvalue weighted by Crippen LogP contribution is 2.34. The highest BCUT2D eigenvalue weighted by Gasteiger charge is 2.32. The number of halogens is 1. The Hall–Kier alpha value is -3.21. The predicted molar refractivity (Wildman–Crippen MR) is 110 cm³/mol. The molecule has 1 aliphatic heterocycles. The Morgan fingerprint density at radius 3 is 2.66 bits per heavy atom. The fourth-order valence-electron chi connectivity index (χ4n) is 3.91. The third kappa shape index (κ3) is 3.99. The summed E-state index contributed by atoms with van der Waals surface area (Å²) >= 11 is 0. The molecule has 4 nitrogen and oxygen atoms in total. The van der Waals surface area contributed by atoms with Crippen LogP contribution in [0, 0.1) is 12.7 Å². The lowest BCUT2D eigenvalue weighted by Crippen LogP contribution is -2.31. The number of methoxy groups -OCH3 is 1. The molecule has 0 radical (unpaired) electrons. The number of pyridine rings is 1. The largest absolute Gasteiger partial charge is 0.497 e. The highest BCUT2D eigenvalue weighted by molar-refractivity contribution is 5.95. The number of benzene rings is 2. The monoisotopic (exact) mass is 390 g/mol. The molecule has 4 rings (SSSR count). The van der Waals surface area contributed by atoms with Gasteiger partial charge in [-0.25, -0.2) is 4.39 Å². The average molecular weight is 390 g/mol. The Morgan fingerprint density at radius 2 is 1.90 bits per heavy atom. The summed E-state index contributed by atoms with van der Waals surface area (Å²) in [5.74, 6) is 0.391. The van der Waals surface area contributed by atoms with Gasteiger partial charge in [-0.15, -0.1) is 0 Å². The van der Waals surface area contributed by atoms with Gasteiger partial charge in [0.15, 0.2) is 0 Å². The van der Waals surface area contributed by atoms with Gasteiger partial charge in [0.25, 0.3) is 5.91 Å². The van der Waals surface area contributed by atoms with Crippen molar-refractivity contribution in [1.82, 2.24) is 9.88 Å². The second kappa shape index (κ2) is 8.03. The Bertz CT molecular complexity index is 1030. The van der Waals surface area contributed by atoms with Crippen LogP contribution >= 0.6 is 0 Å². The molecular weight excluding hydrogens is 367 g/mol. The van der Waals surface area contributed by atoms with Crippen molar-refractivity contribution >= 4 is 5.91 Å². The zero-order valence-corrected chi connectivity index (χ0v) is 16.6. The third-order valence-corrected chi connectivity index (χ3v) is 5.32. The van der Waals surface area contributed by atoms with E-state index in [1.807, 2.05) is 42.2 Å². The molecule has 1 aliphatic rings. The number of aryl methyl sites for hydroxylation is 1. The van der Waals surface area contributed by atoms with Crippen molar-refractivity contribution in [3.63, 3.8) is 0 Å². The van der Waals surface area contributed by atoms with Crippen LogP contribution in [-0.4, -0.2) is 29.4 Å². The number of carbonyl (C=O) groups excluding carboxylic acids is 1. The first-order valence-corrected chi connectivity index (χ1v) is 9.75. The standard InChI is InChI=1S/C24H23FN2O2/c1-16-13-19(17-8-10-20(25)11-9-17)15-22(26-16)23-7-4-12-27(23)24(28)18-5-3-6-21(14-18)29-2/h3,5-6,8-11,13-15,23H,4,7,12H2,1-2H3. The van der Waals surface area contributed by atoms with Crippen molar-refractivity contribution in [2.45, 2.75) is 25.8 Å². The van der Waals surface area contributed by atoms with E-state index in [1.54, 1.807) is 25.3 Å². The molecule has 1 saturated heterocycles. The SMILES string of the molecule is COc1cccc(C(=O)N2CCCC2c2cc(-c3ccc(F)cc3)cc(C)n2)c1. The van der Waals surface area contributed by atoms with Gasteiger partial charge in [-0.2, -0.15) is 0 Å². The molecule has 1 atom stereocenters. The maximum atomic E-state index is 13.3. The Morgan fingerprint density at radius 1 is 1.10 bits per heavy atom. The van der Waals surface area contributed by atoms with E-state index in [0.717, 1.165) is 35.4 Å². The van der Waals surface area contributed by atoms with Gasteiger partial charge in [-0.1, -0.05) is 18.2 Å². The molecule has 2 aromatic carbocycles. The van der Waals surface area contributed by atoms with Crippen LogP contribution in [0.5, 0.6) is 5.75 Å². The molecule has 1 aromatic heterocycles. The van der Waals surface area contributed by atoms with Gasteiger partial charge in [-0.05, 0) is 73.4 Å². The van der Waals surface area contributed by atoms with Gasteiger partial charge in [0.1, 0.15) is 11.6 Å². The van der Waals surface area contributed by atoms with Gasteiger partial charge in [0.05, 0.1) is 18.8 Å². The number of amides is 1. The average Bonchev–Trinajstić information content (AvgIpc) is 3.23. The summed E-state index contributed by atoms with van der Waals surface area (Å²) in [5, 5.41) is 0. The first-order valence-electron chi connectivity index (χ1n) is 9.75. The van der Waals surface area contributed by atoms with Gasteiger partial charge < -0.3 is 9.64 Å². The first kappa shape index (κ1) is 19.1. The predicted octanol–water partition coefficient (Wildman–Crippen LogP) is 5.18. The lowest BCUT2D eigenvalue weighted by atomic mass is 10.0. The molecule has 148 valence electrons.